The van der Waals surface area contributed by atoms with Gasteiger partial charge in [-0.25, -0.2) is 4.98 Å². The van der Waals surface area contributed by atoms with Crippen molar-refractivity contribution >= 4 is 17.2 Å². The molecule has 0 bridgehead atoms. The number of hydrogen-bond donors (Lipinski definition) is 1. The van der Waals surface area contributed by atoms with Gasteiger partial charge in [0.1, 0.15) is 5.82 Å². The Morgan fingerprint density at radius 3 is 2.47 bits per heavy atom. The molecule has 34 heavy (non-hydrogen) atoms. The normalized spacial score (nSPS) is 18.3. The fourth-order valence-electron chi connectivity index (χ4n) is 5.06. The molecule has 7 heteroatoms. The summed E-state index contributed by atoms with van der Waals surface area (Å²) >= 11 is 0. The largest absolute Gasteiger partial charge is 0.384 e. The van der Waals surface area contributed by atoms with Gasteiger partial charge in [0.25, 0.3) is 0 Å². The molecule has 0 unspecified atom stereocenters. The van der Waals surface area contributed by atoms with Crippen molar-refractivity contribution in [3.05, 3.63) is 66.1 Å². The molecule has 1 aliphatic rings. The van der Waals surface area contributed by atoms with E-state index in [2.05, 4.69) is 10.1 Å². The third-order valence-electron chi connectivity index (χ3n) is 6.84. The number of Topliss-reactive ketones (excluding diaryl/α,β-unsaturated/α-hetero) is 1. The summed E-state index contributed by atoms with van der Waals surface area (Å²) < 4.78 is 6.93. The van der Waals surface area contributed by atoms with Crippen molar-refractivity contribution < 1.29 is 9.53 Å². The average molecular weight is 456 g/mol. The van der Waals surface area contributed by atoms with Crippen LogP contribution in [0.25, 0.3) is 28.0 Å². The lowest BCUT2D eigenvalue weighted by Gasteiger charge is -2.29. The fourth-order valence-corrected chi connectivity index (χ4v) is 5.06. The zero-order valence-electron chi connectivity index (χ0n) is 19.6. The molecule has 2 N–H and O–H groups in total. The first kappa shape index (κ1) is 22.2. The summed E-state index contributed by atoms with van der Waals surface area (Å²) in [7, 11) is 1.75. The highest BCUT2D eigenvalue weighted by molar-refractivity contribution is 6.00. The predicted molar refractivity (Wildman–Crippen MR) is 133 cm³/mol. The molecule has 4 aromatic rings. The maximum Gasteiger partial charge on any atom is 0.165 e. The summed E-state index contributed by atoms with van der Waals surface area (Å²) in [5.41, 5.74) is 12.2. The fraction of sp³-hybridized carbons (Fsp3) is 0.333. The van der Waals surface area contributed by atoms with Gasteiger partial charge < -0.3 is 10.5 Å². The van der Waals surface area contributed by atoms with Gasteiger partial charge in [-0.05, 0) is 44.6 Å². The number of hydrogen-bond acceptors (Lipinski definition) is 6. The molecular weight excluding hydrogens is 426 g/mol. The van der Waals surface area contributed by atoms with Crippen LogP contribution in [0.2, 0.25) is 0 Å². The second-order valence-corrected chi connectivity index (χ2v) is 9.08. The van der Waals surface area contributed by atoms with Crippen LogP contribution in [0.4, 0.5) is 5.82 Å². The monoisotopic (exact) mass is 455 g/mol. The number of carbonyl (C=O) groups is 1. The summed E-state index contributed by atoms with van der Waals surface area (Å²) in [5, 5.41) is 4.47. The first-order valence-electron chi connectivity index (χ1n) is 11.8. The summed E-state index contributed by atoms with van der Waals surface area (Å²) in [5.74, 6) is 1.03. The SMILES string of the molecule is COCC1CCC(c2nc3c(-c4ccc(-c5ccccc5)nc4)cnn3c(N)c2C(C)=O)CC1. The molecule has 1 aromatic carbocycles. The van der Waals surface area contributed by atoms with E-state index >= 15 is 0 Å². The van der Waals surface area contributed by atoms with Crippen molar-refractivity contribution in [2.24, 2.45) is 5.92 Å². The molecule has 0 spiro atoms. The lowest BCUT2D eigenvalue weighted by molar-refractivity contribution is 0.101. The van der Waals surface area contributed by atoms with Crippen molar-refractivity contribution in [1.82, 2.24) is 19.6 Å². The quantitative estimate of drug-likeness (QED) is 0.403. The van der Waals surface area contributed by atoms with Crippen LogP contribution in [-0.2, 0) is 4.74 Å². The number of fused-ring (bicyclic) bond motifs is 1. The number of carbonyl (C=O) groups excluding carboxylic acids is 1. The van der Waals surface area contributed by atoms with Crippen molar-refractivity contribution in [3.8, 4) is 22.4 Å². The summed E-state index contributed by atoms with van der Waals surface area (Å²) in [4.78, 5) is 22.3. The van der Waals surface area contributed by atoms with Crippen LogP contribution < -0.4 is 5.73 Å². The van der Waals surface area contributed by atoms with Gasteiger partial charge in [0.05, 0.1) is 23.1 Å². The van der Waals surface area contributed by atoms with E-state index in [1.54, 1.807) is 24.7 Å². The summed E-state index contributed by atoms with van der Waals surface area (Å²) in [6.07, 6.45) is 7.63. The van der Waals surface area contributed by atoms with Crippen LogP contribution in [0, 0.1) is 5.92 Å². The molecule has 0 saturated heterocycles. The van der Waals surface area contributed by atoms with E-state index in [1.807, 2.05) is 48.7 Å². The predicted octanol–water partition coefficient (Wildman–Crippen LogP) is 5.16. The molecule has 0 radical (unpaired) electrons. The van der Waals surface area contributed by atoms with Gasteiger partial charge in [0, 0.05) is 42.5 Å². The second kappa shape index (κ2) is 9.35. The molecular formula is C27H29N5O2. The highest BCUT2D eigenvalue weighted by Gasteiger charge is 2.29. The van der Waals surface area contributed by atoms with Crippen LogP contribution in [0.3, 0.4) is 0 Å². The van der Waals surface area contributed by atoms with Gasteiger partial charge in [0.2, 0.25) is 0 Å². The third-order valence-corrected chi connectivity index (χ3v) is 6.84. The van der Waals surface area contributed by atoms with Crippen LogP contribution in [-0.4, -0.2) is 39.1 Å². The molecule has 7 nitrogen and oxygen atoms in total. The molecule has 0 atom stereocenters. The lowest BCUT2D eigenvalue weighted by Crippen LogP contribution is -2.21. The maximum absolute atomic E-state index is 12.6. The Kier molecular flexibility index (Phi) is 6.11. The highest BCUT2D eigenvalue weighted by atomic mass is 16.5. The molecule has 1 fully saturated rings. The molecule has 1 saturated carbocycles. The van der Waals surface area contributed by atoms with Crippen molar-refractivity contribution in [2.75, 3.05) is 19.5 Å². The number of aromatic nitrogens is 4. The van der Waals surface area contributed by atoms with Crippen molar-refractivity contribution in [1.29, 1.82) is 0 Å². The first-order valence-corrected chi connectivity index (χ1v) is 11.8. The van der Waals surface area contributed by atoms with Gasteiger partial charge in [-0.15, -0.1) is 0 Å². The zero-order chi connectivity index (χ0) is 23.7. The minimum absolute atomic E-state index is 0.0770. The van der Waals surface area contributed by atoms with E-state index in [0.29, 0.717) is 22.9 Å². The Bertz CT molecular complexity index is 1310. The van der Waals surface area contributed by atoms with E-state index in [9.17, 15) is 4.79 Å². The van der Waals surface area contributed by atoms with Gasteiger partial charge >= 0.3 is 0 Å². The molecule has 0 aliphatic heterocycles. The Labute approximate surface area is 199 Å². The van der Waals surface area contributed by atoms with Crippen molar-refractivity contribution in [3.63, 3.8) is 0 Å². The molecule has 3 aromatic heterocycles. The third kappa shape index (κ3) is 4.07. The number of benzene rings is 1. The number of nitrogens with zero attached hydrogens (tertiary/aromatic N) is 4. The van der Waals surface area contributed by atoms with Gasteiger partial charge in [-0.1, -0.05) is 36.4 Å². The number of nitrogen functional groups attached to an aromatic ring is 1. The minimum atomic E-state index is -0.0770. The number of anilines is 1. The smallest absolute Gasteiger partial charge is 0.165 e. The second-order valence-electron chi connectivity index (χ2n) is 9.08. The Hall–Kier alpha value is -3.58. The van der Waals surface area contributed by atoms with Gasteiger partial charge in [-0.3, -0.25) is 9.78 Å². The summed E-state index contributed by atoms with van der Waals surface area (Å²) in [6, 6.07) is 14.1. The van der Waals surface area contributed by atoms with Crippen LogP contribution in [0.5, 0.6) is 0 Å². The molecule has 1 aliphatic carbocycles. The van der Waals surface area contributed by atoms with Crippen LogP contribution in [0.15, 0.2) is 54.9 Å². The topological polar surface area (TPSA) is 95.4 Å². The average Bonchev–Trinajstić information content (AvgIpc) is 3.29. The van der Waals surface area contributed by atoms with Gasteiger partial charge in [-0.2, -0.15) is 9.61 Å². The standard InChI is InChI=1S/C27H29N5O2/c1-17(33)24-25(20-10-8-18(9-11-20)16-34-2)31-27-22(15-30-32(27)26(24)28)21-12-13-23(29-14-21)19-6-4-3-5-7-19/h3-7,12-15,18,20H,8-11,16,28H2,1-2H3. The lowest BCUT2D eigenvalue weighted by atomic mass is 9.79. The molecule has 3 heterocycles. The van der Waals surface area contributed by atoms with E-state index in [4.69, 9.17) is 15.5 Å². The van der Waals surface area contributed by atoms with E-state index in [-0.39, 0.29) is 11.7 Å². The Morgan fingerprint density at radius 1 is 1.06 bits per heavy atom. The zero-order valence-corrected chi connectivity index (χ0v) is 19.6. The number of methoxy groups -OCH3 is 1. The van der Waals surface area contributed by atoms with E-state index in [1.165, 1.54) is 0 Å². The minimum Gasteiger partial charge on any atom is -0.384 e. The van der Waals surface area contributed by atoms with Crippen LogP contribution in [0.1, 0.15) is 54.6 Å². The number of pyridine rings is 1. The number of ketones is 1. The highest BCUT2D eigenvalue weighted by Crippen LogP contribution is 2.39. The summed E-state index contributed by atoms with van der Waals surface area (Å²) in [6.45, 7) is 2.33. The number of rotatable bonds is 6. The van der Waals surface area contributed by atoms with Crippen LogP contribution >= 0.6 is 0 Å². The maximum atomic E-state index is 12.6. The number of ether oxygens (including phenoxy) is 1. The van der Waals surface area contributed by atoms with Crippen molar-refractivity contribution in [2.45, 2.75) is 38.5 Å². The Balaban J connectivity index is 1.54. The number of nitrogens with two attached hydrogens (primary N) is 1. The molecule has 5 rings (SSSR count). The molecule has 174 valence electrons. The first-order chi connectivity index (χ1) is 16.6. The molecule has 0 amide bonds. The van der Waals surface area contributed by atoms with E-state index < -0.39 is 0 Å². The Morgan fingerprint density at radius 2 is 1.82 bits per heavy atom. The van der Waals surface area contributed by atoms with Gasteiger partial charge in [0.15, 0.2) is 11.4 Å². The van der Waals surface area contributed by atoms with E-state index in [0.717, 1.165) is 60.4 Å².